The number of para-hydroxylation sites is 1. The van der Waals surface area contributed by atoms with Crippen molar-refractivity contribution in [3.05, 3.63) is 54.9 Å². The molecule has 2 unspecified atom stereocenters. The Kier molecular flexibility index (Phi) is 4.91. The van der Waals surface area contributed by atoms with Crippen molar-refractivity contribution in [2.75, 3.05) is 19.7 Å². The van der Waals surface area contributed by atoms with E-state index in [0.29, 0.717) is 24.6 Å². The van der Waals surface area contributed by atoms with Crippen LogP contribution in [0.2, 0.25) is 0 Å². The number of hydrogen-bond acceptors (Lipinski definition) is 5. The van der Waals surface area contributed by atoms with Crippen LogP contribution in [-0.4, -0.2) is 46.3 Å². The highest BCUT2D eigenvalue weighted by molar-refractivity contribution is 5.86. The van der Waals surface area contributed by atoms with E-state index in [4.69, 9.17) is 14.5 Å². The van der Waals surface area contributed by atoms with Gasteiger partial charge in [-0.2, -0.15) is 0 Å². The molecular formula is C25H25FN4O2. The number of aromatic nitrogens is 3. The molecule has 7 heteroatoms. The number of fused-ring (bicyclic) bond motifs is 2. The van der Waals surface area contributed by atoms with E-state index < -0.39 is 12.3 Å². The molecule has 1 saturated heterocycles. The number of piperidine rings is 1. The van der Waals surface area contributed by atoms with Crippen molar-refractivity contribution in [2.24, 2.45) is 5.92 Å². The number of imidazole rings is 1. The zero-order valence-corrected chi connectivity index (χ0v) is 17.7. The van der Waals surface area contributed by atoms with Gasteiger partial charge in [0.25, 0.3) is 0 Å². The van der Waals surface area contributed by atoms with E-state index in [1.165, 1.54) is 12.8 Å². The molecule has 2 atom stereocenters. The molecule has 0 bridgehead atoms. The first-order chi connectivity index (χ1) is 15.7. The standard InChI is InChI=1S/C25H25FN4O2/c26-19-13-27-10-8-22(19)32-23-3-1-2-17-6-7-20(29-25(17)23)21-14-28-24-12-18(9-11-30(21)24)31-15-16-4-5-16/h1-3,6-7,9,11-12,14,16,19,22,27H,4-5,8,10,13,15H2. The number of nitrogens with zero attached hydrogens (tertiary/aromatic N) is 3. The minimum Gasteiger partial charge on any atom is -0.493 e. The summed E-state index contributed by atoms with van der Waals surface area (Å²) in [5.74, 6) is 2.16. The highest BCUT2D eigenvalue weighted by atomic mass is 19.1. The second-order valence-corrected chi connectivity index (χ2v) is 8.68. The highest BCUT2D eigenvalue weighted by Gasteiger charge is 2.27. The number of hydrogen-bond donors (Lipinski definition) is 1. The van der Waals surface area contributed by atoms with Crippen LogP contribution in [0.3, 0.4) is 0 Å². The van der Waals surface area contributed by atoms with Crippen LogP contribution in [0.15, 0.2) is 54.9 Å². The van der Waals surface area contributed by atoms with Crippen LogP contribution < -0.4 is 14.8 Å². The molecule has 1 aromatic carbocycles. The Hall–Kier alpha value is -3.19. The van der Waals surface area contributed by atoms with Crippen molar-refractivity contribution in [1.29, 1.82) is 0 Å². The van der Waals surface area contributed by atoms with Gasteiger partial charge >= 0.3 is 0 Å². The minimum absolute atomic E-state index is 0.322. The zero-order valence-electron chi connectivity index (χ0n) is 17.7. The summed E-state index contributed by atoms with van der Waals surface area (Å²) in [7, 11) is 0. The average molecular weight is 432 g/mol. The van der Waals surface area contributed by atoms with Crippen LogP contribution in [0, 0.1) is 5.92 Å². The third-order valence-electron chi connectivity index (χ3n) is 6.24. The number of rotatable bonds is 6. The van der Waals surface area contributed by atoms with Crippen LogP contribution in [0.1, 0.15) is 19.3 Å². The molecule has 0 radical (unpaired) electrons. The summed E-state index contributed by atoms with van der Waals surface area (Å²) < 4.78 is 28.3. The first-order valence-corrected chi connectivity index (χ1v) is 11.3. The van der Waals surface area contributed by atoms with E-state index in [9.17, 15) is 4.39 Å². The van der Waals surface area contributed by atoms with E-state index in [-0.39, 0.29) is 0 Å². The molecule has 1 N–H and O–H groups in total. The molecule has 164 valence electrons. The largest absolute Gasteiger partial charge is 0.493 e. The zero-order chi connectivity index (χ0) is 21.5. The number of benzene rings is 1. The van der Waals surface area contributed by atoms with Gasteiger partial charge in [0.1, 0.15) is 34.9 Å². The van der Waals surface area contributed by atoms with Crippen LogP contribution in [0.5, 0.6) is 11.5 Å². The van der Waals surface area contributed by atoms with Gasteiger partial charge < -0.3 is 14.8 Å². The SMILES string of the molecule is FC1CNCCC1Oc1cccc2ccc(-c3cnc4cc(OCC5CC5)ccn34)nc12. The number of alkyl halides is 1. The summed E-state index contributed by atoms with van der Waals surface area (Å²) in [4.78, 5) is 9.45. The lowest BCUT2D eigenvalue weighted by Gasteiger charge is -2.27. The first kappa shape index (κ1) is 19.5. The molecule has 0 spiro atoms. The lowest BCUT2D eigenvalue weighted by molar-refractivity contribution is 0.0743. The van der Waals surface area contributed by atoms with Crippen molar-refractivity contribution >= 4 is 16.6 Å². The molecule has 0 amide bonds. The Balaban J connectivity index is 1.33. The van der Waals surface area contributed by atoms with Crippen LogP contribution in [-0.2, 0) is 0 Å². The molecule has 6 nitrogen and oxygen atoms in total. The van der Waals surface area contributed by atoms with Gasteiger partial charge in [0.15, 0.2) is 0 Å². The summed E-state index contributed by atoms with van der Waals surface area (Å²) in [6, 6.07) is 13.7. The van der Waals surface area contributed by atoms with Gasteiger partial charge in [-0.25, -0.2) is 14.4 Å². The van der Waals surface area contributed by atoms with Crippen molar-refractivity contribution in [2.45, 2.75) is 31.5 Å². The quantitative estimate of drug-likeness (QED) is 0.489. The maximum Gasteiger partial charge on any atom is 0.149 e. The van der Waals surface area contributed by atoms with Gasteiger partial charge in [0, 0.05) is 24.2 Å². The first-order valence-electron chi connectivity index (χ1n) is 11.3. The van der Waals surface area contributed by atoms with Gasteiger partial charge in [-0.3, -0.25) is 4.40 Å². The van der Waals surface area contributed by atoms with Crippen LogP contribution in [0.4, 0.5) is 4.39 Å². The number of ether oxygens (including phenoxy) is 2. The van der Waals surface area contributed by atoms with Crippen molar-refractivity contribution in [1.82, 2.24) is 19.7 Å². The number of halogens is 1. The fraction of sp³-hybridized carbons (Fsp3) is 0.360. The van der Waals surface area contributed by atoms with Gasteiger partial charge in [-0.05, 0) is 49.9 Å². The third kappa shape index (κ3) is 3.77. The van der Waals surface area contributed by atoms with Gasteiger partial charge in [0.05, 0.1) is 24.2 Å². The molecule has 1 saturated carbocycles. The molecular weight excluding hydrogens is 407 g/mol. The Bertz CT molecular complexity index is 1270. The molecule has 2 aliphatic rings. The minimum atomic E-state index is -1.03. The smallest absolute Gasteiger partial charge is 0.149 e. The third-order valence-corrected chi connectivity index (χ3v) is 6.24. The summed E-state index contributed by atoms with van der Waals surface area (Å²) in [6.07, 6.45) is 5.46. The number of pyridine rings is 2. The Morgan fingerprint density at radius 3 is 2.94 bits per heavy atom. The Labute approximate surface area is 185 Å². The predicted octanol–water partition coefficient (Wildman–Crippen LogP) is 4.42. The van der Waals surface area contributed by atoms with E-state index >= 15 is 0 Å². The van der Waals surface area contributed by atoms with E-state index in [1.807, 2.05) is 59.3 Å². The second-order valence-electron chi connectivity index (χ2n) is 8.68. The maximum atomic E-state index is 14.3. The fourth-order valence-electron chi connectivity index (χ4n) is 4.19. The van der Waals surface area contributed by atoms with Crippen LogP contribution >= 0.6 is 0 Å². The molecule has 6 rings (SSSR count). The summed E-state index contributed by atoms with van der Waals surface area (Å²) in [6.45, 7) is 1.85. The predicted molar refractivity (Wildman–Crippen MR) is 121 cm³/mol. The summed E-state index contributed by atoms with van der Waals surface area (Å²) >= 11 is 0. The lowest BCUT2D eigenvalue weighted by atomic mass is 10.1. The normalized spacial score (nSPS) is 21.2. The molecule has 2 fully saturated rings. The second kappa shape index (κ2) is 8.06. The van der Waals surface area contributed by atoms with Crippen molar-refractivity contribution < 1.29 is 13.9 Å². The summed E-state index contributed by atoms with van der Waals surface area (Å²) in [5.41, 5.74) is 3.22. The average Bonchev–Trinajstić information content (AvgIpc) is 3.56. The maximum absolute atomic E-state index is 14.3. The monoisotopic (exact) mass is 432 g/mol. The van der Waals surface area contributed by atoms with Gasteiger partial charge in [0.2, 0.25) is 0 Å². The Morgan fingerprint density at radius 2 is 2.06 bits per heavy atom. The molecule has 1 aliphatic heterocycles. The van der Waals surface area contributed by atoms with E-state index in [0.717, 1.165) is 46.8 Å². The molecule has 32 heavy (non-hydrogen) atoms. The van der Waals surface area contributed by atoms with Crippen molar-refractivity contribution in [3.63, 3.8) is 0 Å². The van der Waals surface area contributed by atoms with Crippen molar-refractivity contribution in [3.8, 4) is 22.9 Å². The Morgan fingerprint density at radius 1 is 1.12 bits per heavy atom. The number of nitrogens with one attached hydrogen (secondary N) is 1. The molecule has 4 aromatic rings. The van der Waals surface area contributed by atoms with Gasteiger partial charge in [-0.1, -0.05) is 18.2 Å². The fourth-order valence-corrected chi connectivity index (χ4v) is 4.19. The summed E-state index contributed by atoms with van der Waals surface area (Å²) in [5, 5.41) is 4.02. The highest BCUT2D eigenvalue weighted by Crippen LogP contribution is 2.31. The van der Waals surface area contributed by atoms with E-state index in [1.54, 1.807) is 0 Å². The molecule has 1 aliphatic carbocycles. The molecule has 3 aromatic heterocycles. The molecule has 4 heterocycles. The lowest BCUT2D eigenvalue weighted by Crippen LogP contribution is -2.44. The topological polar surface area (TPSA) is 60.7 Å². The van der Waals surface area contributed by atoms with Crippen LogP contribution in [0.25, 0.3) is 27.9 Å². The van der Waals surface area contributed by atoms with Gasteiger partial charge in [-0.15, -0.1) is 0 Å². The van der Waals surface area contributed by atoms with E-state index in [2.05, 4.69) is 10.3 Å².